The van der Waals surface area contributed by atoms with E-state index in [1.165, 1.54) is 25.3 Å². The van der Waals surface area contributed by atoms with Gasteiger partial charge in [-0.1, -0.05) is 17.2 Å². The predicted molar refractivity (Wildman–Crippen MR) is 86.0 cm³/mol. The molecule has 116 valence electrons. The Hall–Kier alpha value is -2.90. The number of carbonyl (C=O) groups excluding carboxylic acids is 2. The first kappa shape index (κ1) is 16.5. The second-order valence-electron chi connectivity index (χ2n) is 4.31. The number of amides is 1. The Labute approximate surface area is 139 Å². The van der Waals surface area contributed by atoms with Crippen LogP contribution >= 0.6 is 15.9 Å². The van der Waals surface area contributed by atoms with Gasteiger partial charge in [0.05, 0.1) is 24.1 Å². The van der Waals surface area contributed by atoms with E-state index < -0.39 is 11.9 Å². The summed E-state index contributed by atoms with van der Waals surface area (Å²) in [5.74, 6) is -1.23. The van der Waals surface area contributed by atoms with E-state index in [9.17, 15) is 9.59 Å². The number of carbonyl (C=O) groups is 2. The molecule has 0 radical (unpaired) electrons. The van der Waals surface area contributed by atoms with Crippen molar-refractivity contribution in [2.45, 2.75) is 0 Å². The van der Waals surface area contributed by atoms with Crippen molar-refractivity contribution in [3.05, 3.63) is 56.5 Å². The Morgan fingerprint density at radius 2 is 2.00 bits per heavy atom. The average Bonchev–Trinajstić information content (AvgIpc) is 2.55. The molecule has 0 fully saturated rings. The SMILES string of the molecule is COC(=O)c1cc(Br)nc(-c2ccc(C(N)=O)cc2)c1N=[N+]=[N-]. The second kappa shape index (κ2) is 6.91. The molecule has 1 heterocycles. The van der Waals surface area contributed by atoms with Crippen LogP contribution in [0.5, 0.6) is 0 Å². The Morgan fingerprint density at radius 3 is 2.52 bits per heavy atom. The van der Waals surface area contributed by atoms with Crippen LogP contribution in [0.15, 0.2) is 40.0 Å². The fraction of sp³-hybridized carbons (Fsp3) is 0.0714. The smallest absolute Gasteiger partial charge is 0.338 e. The van der Waals surface area contributed by atoms with Gasteiger partial charge < -0.3 is 10.5 Å². The molecule has 0 spiro atoms. The summed E-state index contributed by atoms with van der Waals surface area (Å²) in [5.41, 5.74) is 15.2. The number of aromatic nitrogens is 1. The molecule has 1 aromatic heterocycles. The highest BCUT2D eigenvalue weighted by atomic mass is 79.9. The Morgan fingerprint density at radius 1 is 1.35 bits per heavy atom. The van der Waals surface area contributed by atoms with E-state index in [-0.39, 0.29) is 16.9 Å². The Balaban J connectivity index is 2.69. The van der Waals surface area contributed by atoms with Crippen molar-refractivity contribution >= 4 is 33.5 Å². The van der Waals surface area contributed by atoms with Gasteiger partial charge in [0.2, 0.25) is 5.91 Å². The molecular formula is C14H10BrN5O3. The summed E-state index contributed by atoms with van der Waals surface area (Å²) in [6.45, 7) is 0. The van der Waals surface area contributed by atoms with Crippen LogP contribution in [0.4, 0.5) is 5.69 Å². The topological polar surface area (TPSA) is 131 Å². The standard InChI is InChI=1S/C14H10BrN5O3/c1-23-14(22)9-6-10(15)18-11(12(9)19-20-17)7-2-4-8(5-3-7)13(16)21/h2-6H,1H3,(H2,16,21). The predicted octanol–water partition coefficient (Wildman–Crippen LogP) is 3.34. The van der Waals surface area contributed by atoms with Crippen LogP contribution in [0.2, 0.25) is 0 Å². The number of primary amides is 1. The van der Waals surface area contributed by atoms with Crippen LogP contribution in [0.3, 0.4) is 0 Å². The lowest BCUT2D eigenvalue weighted by molar-refractivity contribution is 0.0601. The summed E-state index contributed by atoms with van der Waals surface area (Å²) in [6, 6.07) is 7.60. The molecular weight excluding hydrogens is 366 g/mol. The van der Waals surface area contributed by atoms with Crippen LogP contribution in [0.25, 0.3) is 21.7 Å². The van der Waals surface area contributed by atoms with E-state index in [0.717, 1.165) is 0 Å². The third kappa shape index (κ3) is 3.47. The summed E-state index contributed by atoms with van der Waals surface area (Å²) < 4.78 is 5.05. The minimum Gasteiger partial charge on any atom is -0.465 e. The van der Waals surface area contributed by atoms with Crippen LogP contribution in [-0.4, -0.2) is 24.0 Å². The number of hydrogen-bond donors (Lipinski definition) is 1. The number of rotatable bonds is 4. The zero-order valence-corrected chi connectivity index (χ0v) is 13.4. The average molecular weight is 376 g/mol. The quantitative estimate of drug-likeness (QED) is 0.288. The van der Waals surface area contributed by atoms with Crippen molar-refractivity contribution < 1.29 is 14.3 Å². The summed E-state index contributed by atoms with van der Waals surface area (Å²) in [5, 5.41) is 3.56. The lowest BCUT2D eigenvalue weighted by Crippen LogP contribution is -2.10. The molecule has 8 nitrogen and oxygen atoms in total. The van der Waals surface area contributed by atoms with Gasteiger partial charge in [-0.25, -0.2) is 9.78 Å². The van der Waals surface area contributed by atoms with Gasteiger partial charge in [0.15, 0.2) is 0 Å². The molecule has 0 unspecified atom stereocenters. The van der Waals surface area contributed by atoms with E-state index in [1.807, 2.05) is 0 Å². The molecule has 0 bridgehead atoms. The van der Waals surface area contributed by atoms with Crippen molar-refractivity contribution in [2.24, 2.45) is 10.8 Å². The molecule has 0 aliphatic heterocycles. The number of esters is 1. The highest BCUT2D eigenvalue weighted by Crippen LogP contribution is 2.34. The number of benzene rings is 1. The molecule has 0 aliphatic carbocycles. The molecule has 2 rings (SSSR count). The largest absolute Gasteiger partial charge is 0.465 e. The second-order valence-corrected chi connectivity index (χ2v) is 5.12. The molecule has 9 heteroatoms. The Kier molecular flexibility index (Phi) is 4.95. The van der Waals surface area contributed by atoms with Crippen LogP contribution in [0, 0.1) is 0 Å². The van der Waals surface area contributed by atoms with Crippen molar-refractivity contribution in [1.29, 1.82) is 0 Å². The number of hydrogen-bond acceptors (Lipinski definition) is 5. The normalized spacial score (nSPS) is 9.83. The van der Waals surface area contributed by atoms with Gasteiger partial charge in [0, 0.05) is 16.0 Å². The van der Waals surface area contributed by atoms with Gasteiger partial charge in [-0.15, -0.1) is 0 Å². The van der Waals surface area contributed by atoms with Crippen molar-refractivity contribution in [2.75, 3.05) is 7.11 Å². The zero-order valence-electron chi connectivity index (χ0n) is 11.9. The number of pyridine rings is 1. The van der Waals surface area contributed by atoms with E-state index in [2.05, 4.69) is 35.7 Å². The van der Waals surface area contributed by atoms with Crippen LogP contribution in [-0.2, 0) is 4.74 Å². The number of azide groups is 1. The van der Waals surface area contributed by atoms with Gasteiger partial charge in [-0.3, -0.25) is 4.79 Å². The maximum atomic E-state index is 11.9. The highest BCUT2D eigenvalue weighted by Gasteiger charge is 2.18. The molecule has 0 aliphatic rings. The molecule has 2 aromatic rings. The van der Waals surface area contributed by atoms with Crippen molar-refractivity contribution in [3.63, 3.8) is 0 Å². The minimum absolute atomic E-state index is 0.0365. The number of halogens is 1. The highest BCUT2D eigenvalue weighted by molar-refractivity contribution is 9.10. The number of methoxy groups -OCH3 is 1. The summed E-state index contributed by atoms with van der Waals surface area (Å²) in [4.78, 5) is 30.0. The van der Waals surface area contributed by atoms with Gasteiger partial charge >= 0.3 is 5.97 Å². The van der Waals surface area contributed by atoms with Gasteiger partial charge in [-0.2, -0.15) is 0 Å². The summed E-state index contributed by atoms with van der Waals surface area (Å²) in [6.07, 6.45) is 0. The van der Waals surface area contributed by atoms with E-state index in [0.29, 0.717) is 15.7 Å². The molecule has 1 amide bonds. The van der Waals surface area contributed by atoms with Gasteiger partial charge in [0.25, 0.3) is 0 Å². The van der Waals surface area contributed by atoms with Crippen LogP contribution < -0.4 is 5.73 Å². The molecule has 23 heavy (non-hydrogen) atoms. The Bertz CT molecular complexity index is 829. The molecule has 2 N–H and O–H groups in total. The number of nitrogens with zero attached hydrogens (tertiary/aromatic N) is 4. The monoisotopic (exact) mass is 375 g/mol. The van der Waals surface area contributed by atoms with Crippen molar-refractivity contribution in [3.8, 4) is 11.3 Å². The van der Waals surface area contributed by atoms with E-state index >= 15 is 0 Å². The minimum atomic E-state index is -0.662. The van der Waals surface area contributed by atoms with Crippen molar-refractivity contribution in [1.82, 2.24) is 4.98 Å². The first-order chi connectivity index (χ1) is 11.0. The third-order valence-electron chi connectivity index (χ3n) is 2.95. The molecule has 1 aromatic carbocycles. The number of nitrogens with two attached hydrogens (primary N) is 1. The lowest BCUT2D eigenvalue weighted by Gasteiger charge is -2.10. The first-order valence-corrected chi connectivity index (χ1v) is 7.01. The molecule has 0 atom stereocenters. The lowest BCUT2D eigenvalue weighted by atomic mass is 10.0. The van der Waals surface area contributed by atoms with Gasteiger partial charge in [0.1, 0.15) is 4.60 Å². The molecule has 0 saturated carbocycles. The number of ether oxygens (including phenoxy) is 1. The van der Waals surface area contributed by atoms with Gasteiger partial charge in [-0.05, 0) is 39.7 Å². The molecule has 0 saturated heterocycles. The maximum absolute atomic E-state index is 11.9. The fourth-order valence-corrected chi connectivity index (χ4v) is 2.32. The van der Waals surface area contributed by atoms with Crippen LogP contribution in [0.1, 0.15) is 20.7 Å². The van der Waals surface area contributed by atoms with E-state index in [4.69, 9.17) is 11.3 Å². The first-order valence-electron chi connectivity index (χ1n) is 6.22. The third-order valence-corrected chi connectivity index (χ3v) is 3.36. The zero-order chi connectivity index (χ0) is 17.0. The summed E-state index contributed by atoms with van der Waals surface area (Å²) in [7, 11) is 1.22. The fourth-order valence-electron chi connectivity index (χ4n) is 1.91. The maximum Gasteiger partial charge on any atom is 0.338 e. The van der Waals surface area contributed by atoms with E-state index in [1.54, 1.807) is 12.1 Å². The summed E-state index contributed by atoms with van der Waals surface area (Å²) >= 11 is 3.20.